The van der Waals surface area contributed by atoms with Crippen LogP contribution in [-0.4, -0.2) is 35.6 Å². The van der Waals surface area contributed by atoms with E-state index in [9.17, 15) is 0 Å². The molecule has 3 aliphatic heterocycles. The van der Waals surface area contributed by atoms with Crippen LogP contribution in [0, 0.1) is 5.41 Å². The van der Waals surface area contributed by atoms with Gasteiger partial charge in [-0.3, -0.25) is 4.98 Å². The molecule has 2 fully saturated rings. The van der Waals surface area contributed by atoms with Crippen molar-refractivity contribution in [2.45, 2.75) is 25.4 Å². The van der Waals surface area contributed by atoms with Gasteiger partial charge in [0.2, 0.25) is 0 Å². The summed E-state index contributed by atoms with van der Waals surface area (Å²) < 4.78 is 6.17. The van der Waals surface area contributed by atoms with Crippen molar-refractivity contribution in [2.24, 2.45) is 5.41 Å². The molecule has 0 saturated carbocycles. The molecule has 2 saturated heterocycles. The van der Waals surface area contributed by atoms with Crippen molar-refractivity contribution in [2.75, 3.05) is 19.6 Å². The summed E-state index contributed by atoms with van der Waals surface area (Å²) in [5, 5.41) is 0. The first-order valence-corrected chi connectivity index (χ1v) is 6.19. The van der Waals surface area contributed by atoms with E-state index in [1.54, 1.807) is 0 Å². The fraction of sp³-hybridized carbons (Fsp3) is 0.615. The quantitative estimate of drug-likeness (QED) is 0.705. The van der Waals surface area contributed by atoms with Crippen molar-refractivity contribution in [3.05, 3.63) is 24.0 Å². The first kappa shape index (κ1) is 11.3. The molecule has 0 aliphatic carbocycles. The maximum atomic E-state index is 6.17. The highest BCUT2D eigenvalue weighted by Gasteiger charge is 2.51. The number of piperidine rings is 1. The number of hydrogen-bond donors (Lipinski definition) is 0. The summed E-state index contributed by atoms with van der Waals surface area (Å²) in [7, 11) is 0. The number of hydrogen-bond acceptors (Lipinski definition) is 3. The Morgan fingerprint density at radius 2 is 2.35 bits per heavy atom. The Kier molecular flexibility index (Phi) is 2.56. The molecule has 3 nitrogen and oxygen atoms in total. The van der Waals surface area contributed by atoms with Gasteiger partial charge in [0.05, 0.1) is 5.69 Å². The normalized spacial score (nSPS) is 37.4. The lowest BCUT2D eigenvalue weighted by Crippen LogP contribution is -2.50. The summed E-state index contributed by atoms with van der Waals surface area (Å²) in [6.07, 6.45) is 5.91. The monoisotopic (exact) mass is 252 g/mol. The number of ether oxygens (including phenoxy) is 1. The predicted octanol–water partition coefficient (Wildman–Crippen LogP) is 1.90. The zero-order valence-electron chi connectivity index (χ0n) is 9.76. The summed E-state index contributed by atoms with van der Waals surface area (Å²) in [5.41, 5.74) is 1.54. The van der Waals surface area contributed by atoms with Gasteiger partial charge in [-0.1, -0.05) is 0 Å². The molecule has 0 amide bonds. The van der Waals surface area contributed by atoms with Crippen molar-refractivity contribution >= 4 is 12.4 Å². The third-order valence-electron chi connectivity index (χ3n) is 4.49. The lowest BCUT2D eigenvalue weighted by Gasteiger charge is -2.44. The summed E-state index contributed by atoms with van der Waals surface area (Å²) in [4.78, 5) is 7.06. The molecule has 1 aromatic heterocycles. The van der Waals surface area contributed by atoms with E-state index in [4.69, 9.17) is 4.74 Å². The van der Waals surface area contributed by atoms with Gasteiger partial charge in [-0.25, -0.2) is 0 Å². The molecule has 3 aliphatic rings. The summed E-state index contributed by atoms with van der Waals surface area (Å²) in [5.74, 6) is 1.03. The summed E-state index contributed by atoms with van der Waals surface area (Å²) in [6.45, 7) is 3.68. The number of nitrogens with zero attached hydrogens (tertiary/aromatic N) is 2. The van der Waals surface area contributed by atoms with E-state index in [0.717, 1.165) is 12.2 Å². The standard InChI is InChI=1S/C13H16N2O.ClH/c1-2-11-10(14-5-1)8-13-4-7-15(9-13)6-3-12(13)16-11;/h1-2,5,12H,3-4,6-9H2;1H. The van der Waals surface area contributed by atoms with Crippen LogP contribution in [-0.2, 0) is 6.42 Å². The minimum absolute atomic E-state index is 0. The van der Waals surface area contributed by atoms with Crippen molar-refractivity contribution in [3.8, 4) is 5.75 Å². The summed E-state index contributed by atoms with van der Waals surface area (Å²) in [6, 6.07) is 4.04. The van der Waals surface area contributed by atoms with E-state index in [-0.39, 0.29) is 12.4 Å². The van der Waals surface area contributed by atoms with Gasteiger partial charge in [0.25, 0.3) is 0 Å². The van der Waals surface area contributed by atoms with E-state index in [1.807, 2.05) is 12.3 Å². The SMILES string of the molecule is Cl.c1cnc2c(c1)OC1CCN3CCC1(C2)C3. The fourth-order valence-electron chi connectivity index (χ4n) is 3.64. The Labute approximate surface area is 108 Å². The van der Waals surface area contributed by atoms with Crippen LogP contribution < -0.4 is 4.74 Å². The lowest BCUT2D eigenvalue weighted by atomic mass is 9.73. The van der Waals surface area contributed by atoms with Gasteiger partial charge in [-0.2, -0.15) is 0 Å². The number of rotatable bonds is 0. The molecular formula is C13H17ClN2O. The molecular weight excluding hydrogens is 236 g/mol. The van der Waals surface area contributed by atoms with Crippen LogP contribution in [0.15, 0.2) is 18.3 Å². The highest BCUT2D eigenvalue weighted by molar-refractivity contribution is 5.85. The maximum absolute atomic E-state index is 6.17. The fourth-order valence-corrected chi connectivity index (χ4v) is 3.64. The molecule has 1 spiro atoms. The zero-order chi connectivity index (χ0) is 10.6. The maximum Gasteiger partial charge on any atom is 0.141 e. The molecule has 4 rings (SSSR count). The van der Waals surface area contributed by atoms with E-state index in [2.05, 4.69) is 16.0 Å². The van der Waals surface area contributed by atoms with Gasteiger partial charge >= 0.3 is 0 Å². The second-order valence-corrected chi connectivity index (χ2v) is 5.41. The van der Waals surface area contributed by atoms with Crippen LogP contribution in [0.5, 0.6) is 5.75 Å². The van der Waals surface area contributed by atoms with E-state index < -0.39 is 0 Å². The number of fused-ring (bicyclic) bond motifs is 2. The molecule has 0 radical (unpaired) electrons. The Hall–Kier alpha value is -0.800. The molecule has 3 atom stereocenters. The van der Waals surface area contributed by atoms with Crippen molar-refractivity contribution in [1.29, 1.82) is 0 Å². The third-order valence-corrected chi connectivity index (χ3v) is 4.49. The largest absolute Gasteiger partial charge is 0.488 e. The van der Waals surface area contributed by atoms with Crippen LogP contribution in [0.1, 0.15) is 18.5 Å². The zero-order valence-corrected chi connectivity index (χ0v) is 10.6. The molecule has 17 heavy (non-hydrogen) atoms. The van der Waals surface area contributed by atoms with Crippen molar-refractivity contribution in [1.82, 2.24) is 9.88 Å². The number of aromatic nitrogens is 1. The minimum atomic E-state index is 0. The second-order valence-electron chi connectivity index (χ2n) is 5.41. The van der Waals surface area contributed by atoms with Crippen LogP contribution in [0.25, 0.3) is 0 Å². The van der Waals surface area contributed by atoms with E-state index in [0.29, 0.717) is 11.5 Å². The van der Waals surface area contributed by atoms with Crippen molar-refractivity contribution in [3.63, 3.8) is 0 Å². The lowest BCUT2D eigenvalue weighted by molar-refractivity contribution is -0.00192. The topological polar surface area (TPSA) is 25.4 Å². The smallest absolute Gasteiger partial charge is 0.141 e. The van der Waals surface area contributed by atoms with Gasteiger partial charge in [0.1, 0.15) is 11.9 Å². The molecule has 4 heterocycles. The van der Waals surface area contributed by atoms with Crippen molar-refractivity contribution < 1.29 is 4.74 Å². The average molecular weight is 253 g/mol. The predicted molar refractivity (Wildman–Crippen MR) is 67.7 cm³/mol. The first-order chi connectivity index (χ1) is 7.86. The average Bonchev–Trinajstić information content (AvgIpc) is 2.64. The van der Waals surface area contributed by atoms with Crippen LogP contribution in [0.4, 0.5) is 0 Å². The molecule has 0 aromatic carbocycles. The molecule has 3 unspecified atom stereocenters. The third kappa shape index (κ3) is 1.56. The summed E-state index contributed by atoms with van der Waals surface area (Å²) >= 11 is 0. The molecule has 1 aromatic rings. The molecule has 0 N–H and O–H groups in total. The van der Waals surface area contributed by atoms with E-state index in [1.165, 1.54) is 38.2 Å². The van der Waals surface area contributed by atoms with Gasteiger partial charge in [-0.15, -0.1) is 12.4 Å². The van der Waals surface area contributed by atoms with Gasteiger partial charge in [0.15, 0.2) is 0 Å². The van der Waals surface area contributed by atoms with Gasteiger partial charge < -0.3 is 9.64 Å². The molecule has 4 heteroatoms. The Bertz CT molecular complexity index is 437. The van der Waals surface area contributed by atoms with Gasteiger partial charge in [-0.05, 0) is 31.5 Å². The first-order valence-electron chi connectivity index (χ1n) is 6.19. The number of pyridine rings is 1. The highest BCUT2D eigenvalue weighted by Crippen LogP contribution is 2.47. The van der Waals surface area contributed by atoms with Crippen LogP contribution in [0.3, 0.4) is 0 Å². The Morgan fingerprint density at radius 1 is 1.41 bits per heavy atom. The Balaban J connectivity index is 0.000000902. The Morgan fingerprint density at radius 3 is 3.29 bits per heavy atom. The molecule has 92 valence electrons. The second kappa shape index (κ2) is 3.85. The van der Waals surface area contributed by atoms with E-state index >= 15 is 0 Å². The van der Waals surface area contributed by atoms with Gasteiger partial charge in [0, 0.05) is 31.1 Å². The molecule has 2 bridgehead atoms. The highest BCUT2D eigenvalue weighted by atomic mass is 35.5. The van der Waals surface area contributed by atoms with Crippen LogP contribution >= 0.6 is 12.4 Å². The number of halogens is 1. The van der Waals surface area contributed by atoms with Crippen LogP contribution in [0.2, 0.25) is 0 Å². The minimum Gasteiger partial charge on any atom is -0.488 e.